The number of hydrogen-bond acceptors (Lipinski definition) is 3. The van der Waals surface area contributed by atoms with Crippen molar-refractivity contribution >= 4 is 17.6 Å². The molecule has 0 unspecified atom stereocenters. The molecule has 1 N–H and O–H groups in total. The molecule has 102 valence electrons. The minimum absolute atomic E-state index is 0.480. The molecular weight excluding hydrogens is 268 g/mol. The van der Waals surface area contributed by atoms with Crippen molar-refractivity contribution in [2.45, 2.75) is 31.6 Å². The van der Waals surface area contributed by atoms with Crippen LogP contribution in [0, 0.1) is 6.92 Å². The third-order valence-corrected chi connectivity index (χ3v) is 4.61. The van der Waals surface area contributed by atoms with Gasteiger partial charge >= 0.3 is 5.97 Å². The van der Waals surface area contributed by atoms with Gasteiger partial charge in [-0.3, -0.25) is 4.79 Å². The third-order valence-electron chi connectivity index (χ3n) is 4.12. The van der Waals surface area contributed by atoms with E-state index in [9.17, 15) is 9.90 Å². The van der Waals surface area contributed by atoms with Gasteiger partial charge in [-0.2, -0.15) is 0 Å². The molecule has 1 aromatic rings. The van der Waals surface area contributed by atoms with Crippen LogP contribution >= 0.6 is 11.6 Å². The van der Waals surface area contributed by atoms with Crippen molar-refractivity contribution in [1.82, 2.24) is 0 Å². The lowest BCUT2D eigenvalue weighted by Gasteiger charge is -2.39. The van der Waals surface area contributed by atoms with Crippen LogP contribution in [-0.2, 0) is 10.2 Å². The zero-order valence-corrected chi connectivity index (χ0v) is 11.4. The Morgan fingerprint density at radius 2 is 2.05 bits per heavy atom. The number of carboxylic acids is 1. The summed E-state index contributed by atoms with van der Waals surface area (Å²) < 4.78 is 11.1. The Kier molecular flexibility index (Phi) is 2.86. The van der Waals surface area contributed by atoms with E-state index in [-0.39, 0.29) is 0 Å². The minimum Gasteiger partial charge on any atom is -0.486 e. The van der Waals surface area contributed by atoms with Crippen LogP contribution in [0.1, 0.15) is 30.4 Å². The van der Waals surface area contributed by atoms with Crippen molar-refractivity contribution in [3.8, 4) is 11.5 Å². The maximum absolute atomic E-state index is 11.6. The van der Waals surface area contributed by atoms with Crippen LogP contribution in [0.3, 0.4) is 0 Å². The van der Waals surface area contributed by atoms with E-state index in [1.165, 1.54) is 0 Å². The highest BCUT2D eigenvalue weighted by Crippen LogP contribution is 2.51. The molecule has 0 atom stereocenters. The van der Waals surface area contributed by atoms with E-state index in [0.29, 0.717) is 48.1 Å². The Hall–Kier alpha value is -1.42. The predicted octanol–water partition coefficient (Wildman–Crippen LogP) is 2.93. The standard InChI is InChI=1S/C14H15ClO4/c1-8-11(15)9(14(13(16)17)3-2-4-14)7-10-12(8)19-6-5-18-10/h7H,2-6H2,1H3,(H,16,17). The average molecular weight is 283 g/mol. The largest absolute Gasteiger partial charge is 0.486 e. The zero-order valence-electron chi connectivity index (χ0n) is 10.7. The molecule has 0 spiro atoms. The second-order valence-electron chi connectivity index (χ2n) is 5.13. The Morgan fingerprint density at radius 1 is 1.37 bits per heavy atom. The van der Waals surface area contributed by atoms with Crippen LogP contribution in [-0.4, -0.2) is 24.3 Å². The summed E-state index contributed by atoms with van der Waals surface area (Å²) in [4.78, 5) is 11.6. The van der Waals surface area contributed by atoms with Crippen molar-refractivity contribution < 1.29 is 19.4 Å². The van der Waals surface area contributed by atoms with Gasteiger partial charge in [-0.25, -0.2) is 0 Å². The predicted molar refractivity (Wildman–Crippen MR) is 70.3 cm³/mol. The van der Waals surface area contributed by atoms with Crippen LogP contribution in [0.25, 0.3) is 0 Å². The molecule has 1 aliphatic heterocycles. The van der Waals surface area contributed by atoms with Crippen molar-refractivity contribution in [3.05, 3.63) is 22.2 Å². The van der Waals surface area contributed by atoms with E-state index >= 15 is 0 Å². The van der Waals surface area contributed by atoms with Crippen LogP contribution in [0.5, 0.6) is 11.5 Å². The molecule has 1 saturated carbocycles. The summed E-state index contributed by atoms with van der Waals surface area (Å²) in [5, 5.41) is 10.0. The highest BCUT2D eigenvalue weighted by Gasteiger charge is 2.48. The number of rotatable bonds is 2. The number of fused-ring (bicyclic) bond motifs is 1. The summed E-state index contributed by atoms with van der Waals surface area (Å²) in [6.45, 7) is 2.81. The fourth-order valence-corrected chi connectivity index (χ4v) is 3.13. The Balaban J connectivity index is 2.17. The van der Waals surface area contributed by atoms with E-state index in [4.69, 9.17) is 21.1 Å². The third kappa shape index (κ3) is 1.70. The molecule has 5 heteroatoms. The molecule has 0 saturated heterocycles. The summed E-state index contributed by atoms with van der Waals surface area (Å²) in [6.07, 6.45) is 2.17. The first-order valence-electron chi connectivity index (χ1n) is 6.39. The average Bonchev–Trinajstić information content (AvgIpc) is 2.33. The number of carbonyl (C=O) groups is 1. The lowest BCUT2D eigenvalue weighted by Crippen LogP contribution is -2.42. The highest BCUT2D eigenvalue weighted by molar-refractivity contribution is 6.32. The fraction of sp³-hybridized carbons (Fsp3) is 0.500. The zero-order chi connectivity index (χ0) is 13.6. The SMILES string of the molecule is Cc1c(Cl)c(C2(C(=O)O)CCC2)cc2c1OCCO2. The Labute approximate surface area is 116 Å². The molecule has 1 heterocycles. The minimum atomic E-state index is -0.850. The summed E-state index contributed by atoms with van der Waals surface area (Å²) >= 11 is 6.37. The van der Waals surface area contributed by atoms with E-state index in [0.717, 1.165) is 12.0 Å². The normalized spacial score (nSPS) is 19.7. The van der Waals surface area contributed by atoms with Gasteiger partial charge in [0.25, 0.3) is 0 Å². The van der Waals surface area contributed by atoms with Gasteiger partial charge in [0.2, 0.25) is 0 Å². The van der Waals surface area contributed by atoms with Gasteiger partial charge in [-0.05, 0) is 31.4 Å². The smallest absolute Gasteiger partial charge is 0.314 e. The lowest BCUT2D eigenvalue weighted by atomic mass is 9.64. The molecular formula is C14H15ClO4. The fourth-order valence-electron chi connectivity index (χ4n) is 2.81. The molecule has 0 amide bonds. The highest BCUT2D eigenvalue weighted by atomic mass is 35.5. The van der Waals surface area contributed by atoms with Crippen molar-refractivity contribution in [3.63, 3.8) is 0 Å². The van der Waals surface area contributed by atoms with Crippen molar-refractivity contribution in [2.75, 3.05) is 13.2 Å². The molecule has 0 radical (unpaired) electrons. The molecule has 2 aliphatic rings. The second kappa shape index (κ2) is 4.30. The Morgan fingerprint density at radius 3 is 2.63 bits per heavy atom. The van der Waals surface area contributed by atoms with Crippen LogP contribution < -0.4 is 9.47 Å². The maximum atomic E-state index is 11.6. The van der Waals surface area contributed by atoms with E-state index in [1.807, 2.05) is 6.92 Å². The van der Waals surface area contributed by atoms with Crippen LogP contribution in [0.4, 0.5) is 0 Å². The summed E-state index contributed by atoms with van der Waals surface area (Å²) in [5.74, 6) is 0.437. The summed E-state index contributed by atoms with van der Waals surface area (Å²) in [7, 11) is 0. The first-order chi connectivity index (χ1) is 9.06. The summed E-state index contributed by atoms with van der Waals surface area (Å²) in [6, 6.07) is 1.75. The monoisotopic (exact) mass is 282 g/mol. The first kappa shape index (κ1) is 12.6. The summed E-state index contributed by atoms with van der Waals surface area (Å²) in [5.41, 5.74) is 0.577. The molecule has 4 nitrogen and oxygen atoms in total. The van der Waals surface area contributed by atoms with Gasteiger partial charge in [0.15, 0.2) is 11.5 Å². The number of aliphatic carboxylic acids is 1. The van der Waals surface area contributed by atoms with Gasteiger partial charge in [-0.1, -0.05) is 18.0 Å². The Bertz CT molecular complexity index is 549. The number of halogens is 1. The molecule has 0 aromatic heterocycles. The topological polar surface area (TPSA) is 55.8 Å². The van der Waals surface area contributed by atoms with E-state index in [1.54, 1.807) is 6.07 Å². The molecule has 1 aromatic carbocycles. The van der Waals surface area contributed by atoms with Crippen molar-refractivity contribution in [1.29, 1.82) is 0 Å². The van der Waals surface area contributed by atoms with Gasteiger partial charge in [0.1, 0.15) is 13.2 Å². The van der Waals surface area contributed by atoms with Gasteiger partial charge < -0.3 is 14.6 Å². The van der Waals surface area contributed by atoms with Gasteiger partial charge in [-0.15, -0.1) is 0 Å². The van der Waals surface area contributed by atoms with Gasteiger partial charge in [0.05, 0.1) is 10.4 Å². The van der Waals surface area contributed by atoms with Crippen LogP contribution in [0.2, 0.25) is 5.02 Å². The van der Waals surface area contributed by atoms with E-state index in [2.05, 4.69) is 0 Å². The molecule has 0 bridgehead atoms. The first-order valence-corrected chi connectivity index (χ1v) is 6.76. The van der Waals surface area contributed by atoms with Crippen LogP contribution in [0.15, 0.2) is 6.07 Å². The van der Waals surface area contributed by atoms with E-state index < -0.39 is 11.4 Å². The van der Waals surface area contributed by atoms with Crippen molar-refractivity contribution in [2.24, 2.45) is 0 Å². The number of hydrogen-bond donors (Lipinski definition) is 1. The quantitative estimate of drug-likeness (QED) is 0.906. The number of benzene rings is 1. The molecule has 3 rings (SSSR count). The maximum Gasteiger partial charge on any atom is 0.314 e. The second-order valence-corrected chi connectivity index (χ2v) is 5.51. The lowest BCUT2D eigenvalue weighted by molar-refractivity contribution is -0.147. The molecule has 1 fully saturated rings. The molecule has 19 heavy (non-hydrogen) atoms. The van der Waals surface area contributed by atoms with Gasteiger partial charge in [0, 0.05) is 5.56 Å². The number of ether oxygens (including phenoxy) is 2. The molecule has 1 aliphatic carbocycles. The number of carboxylic acid groups (broad SMARTS) is 1.